The summed E-state index contributed by atoms with van der Waals surface area (Å²) in [5, 5.41) is 1.83. The number of rotatable bonds is 3. The second-order valence-corrected chi connectivity index (χ2v) is 7.82. The highest BCUT2D eigenvalue weighted by Crippen LogP contribution is 2.28. The van der Waals surface area contributed by atoms with Crippen molar-refractivity contribution in [1.82, 2.24) is 4.31 Å². The van der Waals surface area contributed by atoms with Gasteiger partial charge in [0.2, 0.25) is 0 Å². The molecule has 0 bridgehead atoms. The van der Waals surface area contributed by atoms with Crippen molar-refractivity contribution in [1.29, 1.82) is 0 Å². The van der Waals surface area contributed by atoms with Crippen LogP contribution < -0.4 is 5.73 Å². The molecular weight excluding hydrogens is 268 g/mol. The van der Waals surface area contributed by atoms with Crippen LogP contribution in [-0.2, 0) is 16.6 Å². The second-order valence-electron chi connectivity index (χ2n) is 4.79. The predicted molar refractivity (Wildman–Crippen MR) is 74.0 cm³/mol. The third-order valence-corrected chi connectivity index (χ3v) is 6.90. The van der Waals surface area contributed by atoms with Crippen LogP contribution in [0.1, 0.15) is 38.2 Å². The zero-order chi connectivity index (χ0) is 13.2. The summed E-state index contributed by atoms with van der Waals surface area (Å²) in [7, 11) is -3.33. The van der Waals surface area contributed by atoms with E-state index in [1.165, 1.54) is 11.3 Å². The van der Waals surface area contributed by atoms with Gasteiger partial charge in [0.1, 0.15) is 4.21 Å². The van der Waals surface area contributed by atoms with Gasteiger partial charge in [-0.15, -0.1) is 11.3 Å². The minimum atomic E-state index is -3.33. The Kier molecular flexibility index (Phi) is 4.42. The van der Waals surface area contributed by atoms with Crippen LogP contribution in [0.4, 0.5) is 0 Å². The molecule has 1 aromatic rings. The summed E-state index contributed by atoms with van der Waals surface area (Å²) >= 11 is 1.27. The van der Waals surface area contributed by atoms with Crippen molar-refractivity contribution >= 4 is 21.4 Å². The predicted octanol–water partition coefficient (Wildman–Crippen LogP) is 2.16. The van der Waals surface area contributed by atoms with Gasteiger partial charge in [-0.05, 0) is 36.8 Å². The molecule has 1 fully saturated rings. The first-order valence-corrected chi connectivity index (χ1v) is 8.67. The molecule has 1 aliphatic rings. The Hall–Kier alpha value is -0.430. The summed E-state index contributed by atoms with van der Waals surface area (Å²) in [6, 6.07) is 1.80. The molecule has 0 saturated carbocycles. The number of nitrogens with two attached hydrogens (primary N) is 1. The fourth-order valence-electron chi connectivity index (χ4n) is 2.32. The fraction of sp³-hybridized carbons (Fsp3) is 0.667. The van der Waals surface area contributed by atoms with Gasteiger partial charge < -0.3 is 5.73 Å². The highest BCUT2D eigenvalue weighted by molar-refractivity contribution is 7.91. The standard InChI is InChI=1S/C12H20N2O2S2/c1-10-5-3-2-4-6-14(10)18(15,16)12-7-11(8-13)9-17-12/h7,9-10H,2-6,8,13H2,1H3. The van der Waals surface area contributed by atoms with Crippen molar-refractivity contribution in [2.45, 2.75) is 49.4 Å². The molecule has 1 atom stereocenters. The van der Waals surface area contributed by atoms with Crippen LogP contribution in [0.3, 0.4) is 0 Å². The zero-order valence-electron chi connectivity index (χ0n) is 10.6. The third kappa shape index (κ3) is 2.77. The number of thiophene rings is 1. The molecule has 1 aliphatic heterocycles. The Labute approximate surface area is 113 Å². The molecular formula is C12H20N2O2S2. The van der Waals surface area contributed by atoms with Crippen LogP contribution >= 0.6 is 11.3 Å². The van der Waals surface area contributed by atoms with E-state index >= 15 is 0 Å². The Morgan fingerprint density at radius 2 is 2.22 bits per heavy atom. The maximum Gasteiger partial charge on any atom is 0.252 e. The molecule has 2 rings (SSSR count). The van der Waals surface area contributed by atoms with E-state index in [1.54, 1.807) is 10.4 Å². The molecule has 1 saturated heterocycles. The molecule has 0 radical (unpaired) electrons. The van der Waals surface area contributed by atoms with Crippen molar-refractivity contribution in [3.05, 3.63) is 17.0 Å². The minimum Gasteiger partial charge on any atom is -0.326 e. The van der Waals surface area contributed by atoms with Crippen LogP contribution in [0.15, 0.2) is 15.7 Å². The third-order valence-electron chi connectivity index (χ3n) is 3.42. The molecule has 0 aromatic carbocycles. The number of hydrogen-bond donors (Lipinski definition) is 1. The highest BCUT2D eigenvalue weighted by atomic mass is 32.2. The van der Waals surface area contributed by atoms with Gasteiger partial charge in [-0.25, -0.2) is 8.42 Å². The average molecular weight is 288 g/mol. The monoisotopic (exact) mass is 288 g/mol. The van der Waals surface area contributed by atoms with Crippen LogP contribution in [0.5, 0.6) is 0 Å². The Morgan fingerprint density at radius 1 is 1.44 bits per heavy atom. The maximum atomic E-state index is 12.6. The number of nitrogens with zero attached hydrogens (tertiary/aromatic N) is 1. The van der Waals surface area contributed by atoms with Crippen LogP contribution in [-0.4, -0.2) is 25.3 Å². The lowest BCUT2D eigenvalue weighted by Crippen LogP contribution is -2.37. The van der Waals surface area contributed by atoms with Gasteiger partial charge in [0.05, 0.1) is 0 Å². The molecule has 6 heteroatoms. The molecule has 0 amide bonds. The Balaban J connectivity index is 2.28. The summed E-state index contributed by atoms with van der Waals surface area (Å²) in [6.07, 6.45) is 4.15. The van der Waals surface area contributed by atoms with Gasteiger partial charge in [0.15, 0.2) is 0 Å². The molecule has 0 aliphatic carbocycles. The smallest absolute Gasteiger partial charge is 0.252 e. The number of sulfonamides is 1. The van der Waals surface area contributed by atoms with E-state index in [2.05, 4.69) is 0 Å². The van der Waals surface area contributed by atoms with E-state index in [0.29, 0.717) is 17.3 Å². The van der Waals surface area contributed by atoms with Gasteiger partial charge in [0.25, 0.3) is 10.0 Å². The zero-order valence-corrected chi connectivity index (χ0v) is 12.3. The van der Waals surface area contributed by atoms with Crippen molar-refractivity contribution < 1.29 is 8.42 Å². The first-order valence-electron chi connectivity index (χ1n) is 6.35. The first-order chi connectivity index (χ1) is 8.55. The fourth-order valence-corrected chi connectivity index (χ4v) is 5.37. The SMILES string of the molecule is CC1CCCCCN1S(=O)(=O)c1cc(CN)cs1. The van der Waals surface area contributed by atoms with Gasteiger partial charge in [-0.3, -0.25) is 0 Å². The quantitative estimate of drug-likeness (QED) is 0.927. The topological polar surface area (TPSA) is 63.4 Å². The van der Waals surface area contributed by atoms with Gasteiger partial charge in [0, 0.05) is 19.1 Å². The minimum absolute atomic E-state index is 0.0981. The van der Waals surface area contributed by atoms with Crippen molar-refractivity contribution in [3.8, 4) is 0 Å². The Morgan fingerprint density at radius 3 is 2.89 bits per heavy atom. The van der Waals surface area contributed by atoms with Gasteiger partial charge >= 0.3 is 0 Å². The summed E-state index contributed by atoms with van der Waals surface area (Å²) in [5.74, 6) is 0. The van der Waals surface area contributed by atoms with E-state index < -0.39 is 10.0 Å². The van der Waals surface area contributed by atoms with E-state index in [9.17, 15) is 8.42 Å². The van der Waals surface area contributed by atoms with Crippen molar-refractivity contribution in [2.75, 3.05) is 6.54 Å². The molecule has 0 spiro atoms. The summed E-state index contributed by atoms with van der Waals surface area (Å²) in [6.45, 7) is 3.03. The maximum absolute atomic E-state index is 12.6. The van der Waals surface area contributed by atoms with E-state index in [1.807, 2.05) is 12.3 Å². The van der Waals surface area contributed by atoms with E-state index in [0.717, 1.165) is 31.2 Å². The highest BCUT2D eigenvalue weighted by Gasteiger charge is 2.30. The molecule has 2 N–H and O–H groups in total. The second kappa shape index (κ2) is 5.69. The summed E-state index contributed by atoms with van der Waals surface area (Å²) in [5.41, 5.74) is 6.43. The average Bonchev–Trinajstić information content (AvgIpc) is 2.72. The Bertz CT molecular complexity index is 496. The lowest BCUT2D eigenvalue weighted by atomic mass is 10.1. The molecule has 102 valence electrons. The number of hydrogen-bond acceptors (Lipinski definition) is 4. The first kappa shape index (κ1) is 14.0. The molecule has 1 aromatic heterocycles. The largest absolute Gasteiger partial charge is 0.326 e. The van der Waals surface area contributed by atoms with Gasteiger partial charge in [-0.1, -0.05) is 12.8 Å². The summed E-state index contributed by atoms with van der Waals surface area (Å²) < 4.78 is 27.2. The lowest BCUT2D eigenvalue weighted by Gasteiger charge is -2.25. The van der Waals surface area contributed by atoms with Gasteiger partial charge in [-0.2, -0.15) is 4.31 Å². The molecule has 2 heterocycles. The molecule has 18 heavy (non-hydrogen) atoms. The molecule has 4 nitrogen and oxygen atoms in total. The lowest BCUT2D eigenvalue weighted by molar-refractivity contribution is 0.343. The van der Waals surface area contributed by atoms with Crippen LogP contribution in [0.25, 0.3) is 0 Å². The normalized spacial score (nSPS) is 22.9. The summed E-state index contributed by atoms with van der Waals surface area (Å²) in [4.78, 5) is 0. The van der Waals surface area contributed by atoms with E-state index in [4.69, 9.17) is 5.73 Å². The van der Waals surface area contributed by atoms with Crippen LogP contribution in [0.2, 0.25) is 0 Å². The van der Waals surface area contributed by atoms with Crippen LogP contribution in [0, 0.1) is 0 Å². The van der Waals surface area contributed by atoms with E-state index in [-0.39, 0.29) is 6.04 Å². The molecule has 1 unspecified atom stereocenters. The van der Waals surface area contributed by atoms with Crippen molar-refractivity contribution in [2.24, 2.45) is 5.73 Å². The van der Waals surface area contributed by atoms with Crippen molar-refractivity contribution in [3.63, 3.8) is 0 Å².